The van der Waals surface area contributed by atoms with Gasteiger partial charge < -0.3 is 5.73 Å². The van der Waals surface area contributed by atoms with Crippen molar-refractivity contribution in [2.75, 3.05) is 6.54 Å². The Morgan fingerprint density at radius 1 is 1.37 bits per heavy atom. The molecule has 1 nitrogen and oxygen atoms in total. The van der Waals surface area contributed by atoms with Crippen molar-refractivity contribution in [3.05, 3.63) is 34.1 Å². The van der Waals surface area contributed by atoms with Gasteiger partial charge in [-0.25, -0.2) is 4.39 Å². The zero-order valence-electron chi connectivity index (χ0n) is 11.7. The third kappa shape index (κ3) is 3.38. The summed E-state index contributed by atoms with van der Waals surface area (Å²) in [6.45, 7) is 5.19. The van der Waals surface area contributed by atoms with E-state index in [0.29, 0.717) is 24.3 Å². The van der Waals surface area contributed by atoms with Crippen LogP contribution in [0.15, 0.2) is 22.7 Å². The van der Waals surface area contributed by atoms with Crippen LogP contribution < -0.4 is 5.73 Å². The van der Waals surface area contributed by atoms with E-state index in [-0.39, 0.29) is 11.7 Å². The molecule has 3 heteroatoms. The topological polar surface area (TPSA) is 26.0 Å². The Kier molecular flexibility index (Phi) is 5.02. The molecular weight excluding hydrogens is 305 g/mol. The largest absolute Gasteiger partial charge is 0.330 e. The molecule has 19 heavy (non-hydrogen) atoms. The summed E-state index contributed by atoms with van der Waals surface area (Å²) >= 11 is 3.45. The van der Waals surface area contributed by atoms with Crippen LogP contribution in [0.4, 0.5) is 4.39 Å². The van der Waals surface area contributed by atoms with Gasteiger partial charge in [0.05, 0.1) is 0 Å². The van der Waals surface area contributed by atoms with Crippen molar-refractivity contribution in [2.24, 2.45) is 23.5 Å². The molecule has 3 atom stereocenters. The lowest BCUT2D eigenvalue weighted by molar-refractivity contribution is 0.195. The second-order valence-corrected chi connectivity index (χ2v) is 7.00. The van der Waals surface area contributed by atoms with Crippen LogP contribution in [-0.4, -0.2) is 6.54 Å². The summed E-state index contributed by atoms with van der Waals surface area (Å²) in [6, 6.07) is 5.26. The second-order valence-electron chi connectivity index (χ2n) is 6.09. The summed E-state index contributed by atoms with van der Waals surface area (Å²) in [5, 5.41) is 0. The Bertz CT molecular complexity index is 433. The summed E-state index contributed by atoms with van der Waals surface area (Å²) in [4.78, 5) is 0. The van der Waals surface area contributed by atoms with Crippen molar-refractivity contribution in [1.29, 1.82) is 0 Å². The molecule has 1 aromatic rings. The standard InChI is InChI=1S/C16H23BrFN/c1-10(2)11-3-4-12(9-19)14(7-11)15-8-13(17)5-6-16(15)18/h5-6,8,10-12,14H,3-4,7,9,19H2,1-2H3. The normalized spacial score (nSPS) is 27.8. The molecular formula is C16H23BrFN. The van der Waals surface area contributed by atoms with Gasteiger partial charge in [-0.2, -0.15) is 0 Å². The van der Waals surface area contributed by atoms with Crippen molar-refractivity contribution in [2.45, 2.75) is 39.0 Å². The lowest BCUT2D eigenvalue weighted by Crippen LogP contribution is -2.31. The van der Waals surface area contributed by atoms with Crippen molar-refractivity contribution in [1.82, 2.24) is 0 Å². The number of nitrogens with two attached hydrogens (primary N) is 1. The molecule has 1 fully saturated rings. The highest BCUT2D eigenvalue weighted by molar-refractivity contribution is 9.10. The SMILES string of the molecule is CC(C)C1CCC(CN)C(c2cc(Br)ccc2F)C1. The molecule has 2 rings (SSSR count). The Morgan fingerprint density at radius 3 is 2.74 bits per heavy atom. The fourth-order valence-electron chi connectivity index (χ4n) is 3.33. The van der Waals surface area contributed by atoms with Gasteiger partial charge in [0.25, 0.3) is 0 Å². The molecule has 0 heterocycles. The van der Waals surface area contributed by atoms with E-state index in [1.54, 1.807) is 12.1 Å². The first-order chi connectivity index (χ1) is 9.02. The minimum absolute atomic E-state index is 0.0870. The van der Waals surface area contributed by atoms with Crippen LogP contribution in [0.5, 0.6) is 0 Å². The molecule has 0 bridgehead atoms. The van der Waals surface area contributed by atoms with E-state index in [1.165, 1.54) is 6.42 Å². The van der Waals surface area contributed by atoms with Gasteiger partial charge in [0.2, 0.25) is 0 Å². The fraction of sp³-hybridized carbons (Fsp3) is 0.625. The number of benzene rings is 1. The van der Waals surface area contributed by atoms with Gasteiger partial charge in [0.15, 0.2) is 0 Å². The van der Waals surface area contributed by atoms with E-state index in [1.807, 2.05) is 6.07 Å². The smallest absolute Gasteiger partial charge is 0.126 e. The van der Waals surface area contributed by atoms with Crippen LogP contribution in [0, 0.1) is 23.6 Å². The first-order valence-electron chi connectivity index (χ1n) is 7.18. The molecule has 106 valence electrons. The molecule has 0 radical (unpaired) electrons. The van der Waals surface area contributed by atoms with Gasteiger partial charge in [-0.3, -0.25) is 0 Å². The summed E-state index contributed by atoms with van der Waals surface area (Å²) < 4.78 is 15.1. The van der Waals surface area contributed by atoms with Gasteiger partial charge in [-0.05, 0) is 73.2 Å². The summed E-state index contributed by atoms with van der Waals surface area (Å²) in [5.41, 5.74) is 6.75. The average molecular weight is 328 g/mol. The molecule has 0 spiro atoms. The molecule has 1 aromatic carbocycles. The third-order valence-corrected chi connectivity index (χ3v) is 5.13. The highest BCUT2D eigenvalue weighted by Crippen LogP contribution is 2.43. The molecule has 0 aromatic heterocycles. The van der Waals surface area contributed by atoms with Crippen LogP contribution in [0.1, 0.15) is 44.6 Å². The van der Waals surface area contributed by atoms with Gasteiger partial charge >= 0.3 is 0 Å². The van der Waals surface area contributed by atoms with Gasteiger partial charge in [-0.15, -0.1) is 0 Å². The Morgan fingerprint density at radius 2 is 2.11 bits per heavy atom. The number of hydrogen-bond donors (Lipinski definition) is 1. The van der Waals surface area contributed by atoms with E-state index >= 15 is 0 Å². The summed E-state index contributed by atoms with van der Waals surface area (Å²) in [6.07, 6.45) is 3.41. The molecule has 1 aliphatic rings. The number of halogens is 2. The highest BCUT2D eigenvalue weighted by Gasteiger charge is 2.33. The minimum atomic E-state index is -0.0870. The number of hydrogen-bond acceptors (Lipinski definition) is 1. The maximum Gasteiger partial charge on any atom is 0.126 e. The molecule has 1 saturated carbocycles. The molecule has 0 aliphatic heterocycles. The van der Waals surface area contributed by atoms with E-state index < -0.39 is 0 Å². The van der Waals surface area contributed by atoms with Gasteiger partial charge in [-0.1, -0.05) is 29.8 Å². The second kappa shape index (κ2) is 6.36. The zero-order valence-corrected chi connectivity index (χ0v) is 13.3. The van der Waals surface area contributed by atoms with Crippen molar-refractivity contribution >= 4 is 15.9 Å². The minimum Gasteiger partial charge on any atom is -0.330 e. The molecule has 0 amide bonds. The van der Waals surface area contributed by atoms with Crippen LogP contribution in [0.25, 0.3) is 0 Å². The van der Waals surface area contributed by atoms with Gasteiger partial charge in [0, 0.05) is 4.47 Å². The molecule has 2 N–H and O–H groups in total. The van der Waals surface area contributed by atoms with E-state index in [2.05, 4.69) is 29.8 Å². The monoisotopic (exact) mass is 327 g/mol. The Hall–Kier alpha value is -0.410. The van der Waals surface area contributed by atoms with Crippen LogP contribution in [0.2, 0.25) is 0 Å². The molecule has 0 saturated heterocycles. The quantitative estimate of drug-likeness (QED) is 0.855. The first-order valence-corrected chi connectivity index (χ1v) is 7.97. The van der Waals surface area contributed by atoms with Crippen LogP contribution in [-0.2, 0) is 0 Å². The third-order valence-electron chi connectivity index (χ3n) is 4.64. The van der Waals surface area contributed by atoms with Crippen LogP contribution >= 0.6 is 15.9 Å². The highest BCUT2D eigenvalue weighted by atomic mass is 79.9. The predicted octanol–water partition coefficient (Wildman–Crippen LogP) is 4.70. The fourth-order valence-corrected chi connectivity index (χ4v) is 3.71. The van der Waals surface area contributed by atoms with Crippen molar-refractivity contribution < 1.29 is 4.39 Å². The predicted molar refractivity (Wildman–Crippen MR) is 81.6 cm³/mol. The van der Waals surface area contributed by atoms with Crippen molar-refractivity contribution in [3.63, 3.8) is 0 Å². The van der Waals surface area contributed by atoms with Crippen LogP contribution in [0.3, 0.4) is 0 Å². The Labute approximate surface area is 123 Å². The van der Waals surface area contributed by atoms with E-state index in [0.717, 1.165) is 22.9 Å². The van der Waals surface area contributed by atoms with Gasteiger partial charge in [0.1, 0.15) is 5.82 Å². The van der Waals surface area contributed by atoms with E-state index in [9.17, 15) is 4.39 Å². The van der Waals surface area contributed by atoms with Crippen molar-refractivity contribution in [3.8, 4) is 0 Å². The number of rotatable bonds is 3. The lowest BCUT2D eigenvalue weighted by Gasteiger charge is -2.38. The Balaban J connectivity index is 2.29. The molecule has 1 aliphatic carbocycles. The lowest BCUT2D eigenvalue weighted by atomic mass is 9.68. The first kappa shape index (κ1) is 15.0. The maximum absolute atomic E-state index is 14.1. The molecule has 3 unspecified atom stereocenters. The summed E-state index contributed by atoms with van der Waals surface area (Å²) in [5.74, 6) is 1.95. The zero-order chi connectivity index (χ0) is 14.0. The maximum atomic E-state index is 14.1. The summed E-state index contributed by atoms with van der Waals surface area (Å²) in [7, 11) is 0. The van der Waals surface area contributed by atoms with E-state index in [4.69, 9.17) is 5.73 Å². The average Bonchev–Trinajstić information content (AvgIpc) is 2.40.